The van der Waals surface area contributed by atoms with Crippen LogP contribution in [0.1, 0.15) is 5.69 Å². The van der Waals surface area contributed by atoms with Gasteiger partial charge in [-0.3, -0.25) is 10.2 Å². The summed E-state index contributed by atoms with van der Waals surface area (Å²) in [6, 6.07) is 0. The van der Waals surface area contributed by atoms with Crippen LogP contribution in [0.2, 0.25) is 0 Å². The van der Waals surface area contributed by atoms with Crippen molar-refractivity contribution in [1.82, 2.24) is 9.71 Å². The van der Waals surface area contributed by atoms with Crippen molar-refractivity contribution in [3.8, 4) is 0 Å². The molecule has 0 aliphatic carbocycles. The summed E-state index contributed by atoms with van der Waals surface area (Å²) in [4.78, 5) is 7.50. The second kappa shape index (κ2) is 1.96. The number of rotatable bonds is 0. The SMILES string of the molecule is ON1CN=Cc2c1ncn2O. The Morgan fingerprint density at radius 2 is 2.27 bits per heavy atom. The van der Waals surface area contributed by atoms with Crippen LogP contribution >= 0.6 is 0 Å². The number of nitrogens with zero attached hydrogens (tertiary/aromatic N) is 4. The van der Waals surface area contributed by atoms with Crippen LogP contribution < -0.4 is 5.06 Å². The molecule has 0 radical (unpaired) electrons. The molecule has 0 unspecified atom stereocenters. The van der Waals surface area contributed by atoms with Gasteiger partial charge in [0.2, 0.25) is 0 Å². The van der Waals surface area contributed by atoms with E-state index < -0.39 is 0 Å². The van der Waals surface area contributed by atoms with Crippen LogP contribution in [0.4, 0.5) is 5.82 Å². The summed E-state index contributed by atoms with van der Waals surface area (Å²) >= 11 is 0. The van der Waals surface area contributed by atoms with Crippen molar-refractivity contribution in [3.05, 3.63) is 12.0 Å². The molecule has 1 aliphatic heterocycles. The van der Waals surface area contributed by atoms with E-state index in [0.29, 0.717) is 11.5 Å². The van der Waals surface area contributed by atoms with Gasteiger partial charge < -0.3 is 5.21 Å². The Bertz CT molecular complexity index is 305. The molecule has 2 rings (SSSR count). The second-order valence-electron chi connectivity index (χ2n) is 2.15. The fourth-order valence-corrected chi connectivity index (χ4v) is 0.928. The van der Waals surface area contributed by atoms with E-state index in [1.165, 1.54) is 12.5 Å². The van der Waals surface area contributed by atoms with Crippen LogP contribution in [0.5, 0.6) is 0 Å². The van der Waals surface area contributed by atoms with Crippen molar-refractivity contribution in [2.45, 2.75) is 0 Å². The summed E-state index contributed by atoms with van der Waals surface area (Å²) in [5, 5.41) is 19.0. The molecule has 6 nitrogen and oxygen atoms in total. The van der Waals surface area contributed by atoms with E-state index in [1.807, 2.05) is 0 Å². The van der Waals surface area contributed by atoms with Gasteiger partial charge in [0, 0.05) is 0 Å². The summed E-state index contributed by atoms with van der Waals surface area (Å²) in [5.41, 5.74) is 0.388. The highest BCUT2D eigenvalue weighted by molar-refractivity contribution is 5.85. The first kappa shape index (κ1) is 6.17. The van der Waals surface area contributed by atoms with Crippen LogP contribution in [-0.2, 0) is 0 Å². The highest BCUT2D eigenvalue weighted by atomic mass is 16.5. The normalized spacial score (nSPS) is 15.2. The van der Waals surface area contributed by atoms with Gasteiger partial charge in [0.15, 0.2) is 5.82 Å². The van der Waals surface area contributed by atoms with Crippen molar-refractivity contribution >= 4 is 12.0 Å². The summed E-state index contributed by atoms with van der Waals surface area (Å²) in [7, 11) is 0. The van der Waals surface area contributed by atoms with Crippen LogP contribution in [0.3, 0.4) is 0 Å². The molecule has 6 heteroatoms. The van der Waals surface area contributed by atoms with Gasteiger partial charge in [-0.1, -0.05) is 0 Å². The van der Waals surface area contributed by atoms with Crippen molar-refractivity contribution in [2.75, 3.05) is 11.7 Å². The third kappa shape index (κ3) is 0.761. The minimum Gasteiger partial charge on any atom is -0.427 e. The summed E-state index contributed by atoms with van der Waals surface area (Å²) in [6.45, 7) is 0.157. The van der Waals surface area contributed by atoms with E-state index in [-0.39, 0.29) is 6.67 Å². The number of anilines is 1. The molecular formula is C5H6N4O2. The number of hydrogen-bond acceptors (Lipinski definition) is 5. The average molecular weight is 154 g/mol. The van der Waals surface area contributed by atoms with Gasteiger partial charge in [0.25, 0.3) is 0 Å². The molecule has 0 saturated heterocycles. The Hall–Kier alpha value is -1.56. The number of fused-ring (bicyclic) bond motifs is 1. The Balaban J connectivity index is 2.57. The maximum atomic E-state index is 9.11. The first-order valence-electron chi connectivity index (χ1n) is 3.02. The topological polar surface area (TPSA) is 73.9 Å². The number of imidazole rings is 1. The largest absolute Gasteiger partial charge is 0.427 e. The van der Waals surface area contributed by atoms with E-state index in [9.17, 15) is 0 Å². The highest BCUT2D eigenvalue weighted by Gasteiger charge is 2.17. The van der Waals surface area contributed by atoms with Gasteiger partial charge in [-0.05, 0) is 0 Å². The van der Waals surface area contributed by atoms with Gasteiger partial charge in [0.1, 0.15) is 18.7 Å². The predicted molar refractivity (Wildman–Crippen MR) is 36.1 cm³/mol. The molecule has 2 N–H and O–H groups in total. The van der Waals surface area contributed by atoms with Gasteiger partial charge in [-0.25, -0.2) is 10.0 Å². The van der Waals surface area contributed by atoms with E-state index in [1.54, 1.807) is 0 Å². The van der Waals surface area contributed by atoms with Gasteiger partial charge >= 0.3 is 0 Å². The van der Waals surface area contributed by atoms with E-state index >= 15 is 0 Å². The average Bonchev–Trinajstić information content (AvgIpc) is 2.35. The predicted octanol–water partition coefficient (Wildman–Crippen LogP) is -0.294. The first-order chi connectivity index (χ1) is 5.29. The lowest BCUT2D eigenvalue weighted by molar-refractivity contribution is 0.183. The van der Waals surface area contributed by atoms with Gasteiger partial charge in [0.05, 0.1) is 6.21 Å². The maximum Gasteiger partial charge on any atom is 0.184 e. The molecule has 0 amide bonds. The summed E-state index contributed by atoms with van der Waals surface area (Å²) in [5.74, 6) is 0.322. The standard InChI is InChI=1S/C5H6N4O2/c10-8-3-7-5-4(8)1-6-2-9(5)11/h1,3,10-11H,2H2. The quantitative estimate of drug-likeness (QED) is 0.503. The molecular weight excluding hydrogens is 148 g/mol. The Morgan fingerprint density at radius 1 is 1.45 bits per heavy atom. The smallest absolute Gasteiger partial charge is 0.184 e. The van der Waals surface area contributed by atoms with Crippen LogP contribution in [-0.4, -0.2) is 33.0 Å². The molecule has 0 saturated carbocycles. The van der Waals surface area contributed by atoms with Crippen molar-refractivity contribution in [1.29, 1.82) is 0 Å². The molecule has 0 fully saturated rings. The van der Waals surface area contributed by atoms with Crippen molar-refractivity contribution in [2.24, 2.45) is 4.99 Å². The van der Waals surface area contributed by atoms with Crippen molar-refractivity contribution in [3.63, 3.8) is 0 Å². The van der Waals surface area contributed by atoms with Crippen LogP contribution in [0.15, 0.2) is 11.3 Å². The molecule has 0 bridgehead atoms. The monoisotopic (exact) mass is 154 g/mol. The Morgan fingerprint density at radius 3 is 3.00 bits per heavy atom. The van der Waals surface area contributed by atoms with E-state index in [4.69, 9.17) is 10.4 Å². The molecule has 1 aliphatic rings. The zero-order valence-corrected chi connectivity index (χ0v) is 5.55. The Kier molecular flexibility index (Phi) is 1.10. The lowest BCUT2D eigenvalue weighted by Crippen LogP contribution is -2.23. The molecule has 1 aromatic rings. The second-order valence-corrected chi connectivity index (χ2v) is 2.15. The van der Waals surface area contributed by atoms with Crippen LogP contribution in [0.25, 0.3) is 0 Å². The van der Waals surface area contributed by atoms with E-state index in [2.05, 4.69) is 9.98 Å². The minimum atomic E-state index is 0.157. The molecule has 0 aromatic carbocycles. The number of hydrogen-bond donors (Lipinski definition) is 2. The van der Waals surface area contributed by atoms with Crippen LogP contribution in [0, 0.1) is 0 Å². The number of aliphatic imine (C=N–C) groups is 1. The third-order valence-corrected chi connectivity index (χ3v) is 1.44. The van der Waals surface area contributed by atoms with Crippen molar-refractivity contribution < 1.29 is 10.4 Å². The minimum absolute atomic E-state index is 0.157. The molecule has 0 atom stereocenters. The lowest BCUT2D eigenvalue weighted by Gasteiger charge is -2.15. The Labute approximate surface area is 61.9 Å². The third-order valence-electron chi connectivity index (χ3n) is 1.44. The highest BCUT2D eigenvalue weighted by Crippen LogP contribution is 2.16. The van der Waals surface area contributed by atoms with Gasteiger partial charge in [-0.15, -0.1) is 0 Å². The number of hydroxylamine groups is 1. The number of aromatic nitrogens is 2. The maximum absolute atomic E-state index is 9.11. The fourth-order valence-electron chi connectivity index (χ4n) is 0.928. The first-order valence-corrected chi connectivity index (χ1v) is 3.02. The molecule has 0 spiro atoms. The zero-order valence-electron chi connectivity index (χ0n) is 5.55. The van der Waals surface area contributed by atoms with Gasteiger partial charge in [-0.2, -0.15) is 4.73 Å². The zero-order chi connectivity index (χ0) is 7.84. The molecule has 58 valence electrons. The molecule has 2 heterocycles. The summed E-state index contributed by atoms with van der Waals surface area (Å²) in [6.07, 6.45) is 2.65. The molecule has 11 heavy (non-hydrogen) atoms. The van der Waals surface area contributed by atoms with E-state index in [0.717, 1.165) is 9.79 Å². The lowest BCUT2D eigenvalue weighted by atomic mass is 10.4. The summed E-state index contributed by atoms with van der Waals surface area (Å²) < 4.78 is 0.807. The molecule has 1 aromatic heterocycles. The fraction of sp³-hybridized carbons (Fsp3) is 0.200.